The largest absolute Gasteiger partial charge is 0.493 e. The fourth-order valence-corrected chi connectivity index (χ4v) is 2.60. The molecule has 2 N–H and O–H groups in total. The maximum Gasteiger partial charge on any atom is 0.191 e. The third-order valence-electron chi connectivity index (χ3n) is 4.31. The fourth-order valence-electron chi connectivity index (χ4n) is 2.60. The second-order valence-corrected chi connectivity index (χ2v) is 6.74. The molecule has 0 unspecified atom stereocenters. The van der Waals surface area contributed by atoms with Crippen LogP contribution in [0.25, 0.3) is 0 Å². The van der Waals surface area contributed by atoms with Crippen LogP contribution >= 0.6 is 0 Å². The molecule has 1 aromatic heterocycles. The average Bonchev–Trinajstić information content (AvgIpc) is 3.48. The third kappa shape index (κ3) is 5.76. The van der Waals surface area contributed by atoms with E-state index in [1.807, 2.05) is 18.2 Å². The number of nitrogens with zero attached hydrogens (tertiary/aromatic N) is 2. The molecule has 0 radical (unpaired) electrons. The first-order chi connectivity index (χ1) is 12.7. The highest BCUT2D eigenvalue weighted by Crippen LogP contribution is 2.30. The van der Waals surface area contributed by atoms with E-state index in [2.05, 4.69) is 47.7 Å². The predicted molar refractivity (Wildman–Crippen MR) is 105 cm³/mol. The van der Waals surface area contributed by atoms with Gasteiger partial charge < -0.3 is 15.4 Å². The topological polar surface area (TPSA) is 58.5 Å². The zero-order valence-corrected chi connectivity index (χ0v) is 15.7. The molecule has 1 heterocycles. The van der Waals surface area contributed by atoms with Crippen LogP contribution in [-0.2, 0) is 13.1 Å². The molecule has 1 aromatic carbocycles. The number of nitrogens with one attached hydrogen (secondary N) is 2. The van der Waals surface area contributed by atoms with Crippen molar-refractivity contribution in [3.8, 4) is 5.75 Å². The summed E-state index contributed by atoms with van der Waals surface area (Å²) in [6, 6.07) is 12.3. The number of rotatable bonds is 8. The van der Waals surface area contributed by atoms with Crippen molar-refractivity contribution in [3.63, 3.8) is 0 Å². The van der Waals surface area contributed by atoms with Crippen LogP contribution in [0.15, 0.2) is 47.6 Å². The number of ether oxygens (including phenoxy) is 1. The van der Waals surface area contributed by atoms with Crippen LogP contribution in [0, 0.1) is 12.8 Å². The van der Waals surface area contributed by atoms with Gasteiger partial charge in [-0.15, -0.1) is 0 Å². The van der Waals surface area contributed by atoms with Gasteiger partial charge in [0.2, 0.25) is 0 Å². The van der Waals surface area contributed by atoms with Crippen molar-refractivity contribution >= 4 is 5.96 Å². The quantitative estimate of drug-likeness (QED) is 0.564. The number of aryl methyl sites for hydroxylation is 1. The van der Waals surface area contributed by atoms with E-state index in [0.717, 1.165) is 42.0 Å². The van der Waals surface area contributed by atoms with Gasteiger partial charge in [0.1, 0.15) is 5.75 Å². The van der Waals surface area contributed by atoms with Crippen LogP contribution in [0.5, 0.6) is 5.75 Å². The SMILES string of the molecule is CCNC(=NCc1ccc(C)cc1OCC1CC1)NCc1ccccn1. The van der Waals surface area contributed by atoms with Crippen LogP contribution in [0.3, 0.4) is 0 Å². The lowest BCUT2D eigenvalue weighted by Gasteiger charge is -2.13. The molecular formula is C21H28N4O. The van der Waals surface area contributed by atoms with Crippen LogP contribution in [0.2, 0.25) is 0 Å². The first kappa shape index (κ1) is 18.2. The molecule has 5 nitrogen and oxygen atoms in total. The number of aromatic nitrogens is 1. The molecule has 1 fully saturated rings. The molecule has 0 amide bonds. The van der Waals surface area contributed by atoms with Crippen molar-refractivity contribution in [2.24, 2.45) is 10.9 Å². The van der Waals surface area contributed by atoms with Gasteiger partial charge in [0.05, 0.1) is 25.4 Å². The Morgan fingerprint density at radius 1 is 1.23 bits per heavy atom. The van der Waals surface area contributed by atoms with Gasteiger partial charge in [-0.1, -0.05) is 18.2 Å². The smallest absolute Gasteiger partial charge is 0.191 e. The van der Waals surface area contributed by atoms with Crippen LogP contribution in [0.1, 0.15) is 36.6 Å². The van der Waals surface area contributed by atoms with Gasteiger partial charge in [0.25, 0.3) is 0 Å². The van der Waals surface area contributed by atoms with E-state index in [1.54, 1.807) is 6.20 Å². The molecule has 0 spiro atoms. The minimum absolute atomic E-state index is 0.581. The molecule has 5 heteroatoms. The molecule has 3 rings (SSSR count). The highest BCUT2D eigenvalue weighted by Gasteiger charge is 2.22. The van der Waals surface area contributed by atoms with Gasteiger partial charge in [0.15, 0.2) is 5.96 Å². The van der Waals surface area contributed by atoms with E-state index in [0.29, 0.717) is 13.1 Å². The fraction of sp³-hybridized carbons (Fsp3) is 0.429. The van der Waals surface area contributed by atoms with E-state index in [-0.39, 0.29) is 0 Å². The van der Waals surface area contributed by atoms with Crippen LogP contribution in [-0.4, -0.2) is 24.1 Å². The molecule has 0 atom stereocenters. The summed E-state index contributed by atoms with van der Waals surface area (Å²) in [7, 11) is 0. The van der Waals surface area contributed by atoms with Crippen molar-refractivity contribution in [1.29, 1.82) is 0 Å². The molecule has 1 aliphatic carbocycles. The summed E-state index contributed by atoms with van der Waals surface area (Å²) in [5.74, 6) is 2.48. The molecule has 2 aromatic rings. The maximum absolute atomic E-state index is 6.04. The first-order valence-electron chi connectivity index (χ1n) is 9.39. The maximum atomic E-state index is 6.04. The molecular weight excluding hydrogens is 324 g/mol. The summed E-state index contributed by atoms with van der Waals surface area (Å²) in [6.45, 7) is 7.01. The number of pyridine rings is 1. The Kier molecular flexibility index (Phi) is 6.47. The van der Waals surface area contributed by atoms with Crippen molar-refractivity contribution in [2.75, 3.05) is 13.2 Å². The molecule has 138 valence electrons. The van der Waals surface area contributed by atoms with E-state index < -0.39 is 0 Å². The van der Waals surface area contributed by atoms with Crippen molar-refractivity contribution in [3.05, 3.63) is 59.4 Å². The summed E-state index contributed by atoms with van der Waals surface area (Å²) >= 11 is 0. The minimum atomic E-state index is 0.581. The van der Waals surface area contributed by atoms with Gasteiger partial charge >= 0.3 is 0 Å². The first-order valence-corrected chi connectivity index (χ1v) is 9.39. The van der Waals surface area contributed by atoms with Crippen molar-refractivity contribution < 1.29 is 4.74 Å². The Hall–Kier alpha value is -2.56. The predicted octanol–water partition coefficient (Wildman–Crippen LogP) is 3.43. The number of guanidine groups is 1. The summed E-state index contributed by atoms with van der Waals surface area (Å²) in [6.07, 6.45) is 4.39. The summed E-state index contributed by atoms with van der Waals surface area (Å²) in [5.41, 5.74) is 3.32. The second-order valence-electron chi connectivity index (χ2n) is 6.74. The van der Waals surface area contributed by atoms with Gasteiger partial charge in [-0.2, -0.15) is 0 Å². The summed E-state index contributed by atoms with van der Waals surface area (Å²) in [5, 5.41) is 6.62. The van der Waals surface area contributed by atoms with E-state index >= 15 is 0 Å². The molecule has 0 aliphatic heterocycles. The molecule has 0 bridgehead atoms. The minimum Gasteiger partial charge on any atom is -0.493 e. The normalized spacial score (nSPS) is 14.2. The average molecular weight is 352 g/mol. The number of benzene rings is 1. The molecule has 26 heavy (non-hydrogen) atoms. The summed E-state index contributed by atoms with van der Waals surface area (Å²) in [4.78, 5) is 9.05. The number of hydrogen-bond donors (Lipinski definition) is 2. The number of aliphatic imine (C=N–C) groups is 1. The molecule has 0 saturated heterocycles. The lowest BCUT2D eigenvalue weighted by molar-refractivity contribution is 0.296. The van der Waals surface area contributed by atoms with Gasteiger partial charge in [0, 0.05) is 18.3 Å². The second kappa shape index (κ2) is 9.22. The molecule has 1 aliphatic rings. The van der Waals surface area contributed by atoms with E-state index in [4.69, 9.17) is 9.73 Å². The van der Waals surface area contributed by atoms with Crippen LogP contribution in [0.4, 0.5) is 0 Å². The van der Waals surface area contributed by atoms with Crippen molar-refractivity contribution in [1.82, 2.24) is 15.6 Å². The van der Waals surface area contributed by atoms with Crippen LogP contribution < -0.4 is 15.4 Å². The molecule has 1 saturated carbocycles. The third-order valence-corrected chi connectivity index (χ3v) is 4.31. The Labute approximate surface area is 155 Å². The van der Waals surface area contributed by atoms with Gasteiger partial charge in [-0.25, -0.2) is 4.99 Å². The number of hydrogen-bond acceptors (Lipinski definition) is 3. The Morgan fingerprint density at radius 3 is 2.85 bits per heavy atom. The van der Waals surface area contributed by atoms with Gasteiger partial charge in [-0.05, 0) is 56.4 Å². The van der Waals surface area contributed by atoms with E-state index in [9.17, 15) is 0 Å². The highest BCUT2D eigenvalue weighted by molar-refractivity contribution is 5.79. The zero-order chi connectivity index (χ0) is 18.2. The van der Waals surface area contributed by atoms with Gasteiger partial charge in [-0.3, -0.25) is 4.98 Å². The standard InChI is InChI=1S/C21H28N4O/c1-3-22-21(25-14-19-6-4-5-11-23-19)24-13-18-10-7-16(2)12-20(18)26-15-17-8-9-17/h4-7,10-12,17H,3,8-9,13-15H2,1-2H3,(H2,22,24,25). The zero-order valence-electron chi connectivity index (χ0n) is 15.7. The Morgan fingerprint density at radius 2 is 2.12 bits per heavy atom. The van der Waals surface area contributed by atoms with Crippen molar-refractivity contribution in [2.45, 2.75) is 39.8 Å². The summed E-state index contributed by atoms with van der Waals surface area (Å²) < 4.78 is 6.04. The monoisotopic (exact) mass is 352 g/mol. The Balaban J connectivity index is 1.64. The lowest BCUT2D eigenvalue weighted by atomic mass is 10.1. The lowest BCUT2D eigenvalue weighted by Crippen LogP contribution is -2.37. The highest BCUT2D eigenvalue weighted by atomic mass is 16.5. The van der Waals surface area contributed by atoms with E-state index in [1.165, 1.54) is 18.4 Å². The Bertz CT molecular complexity index is 726.